The third-order valence-electron chi connectivity index (χ3n) is 3.29. The quantitative estimate of drug-likeness (QED) is 0.876. The van der Waals surface area contributed by atoms with Crippen molar-refractivity contribution in [3.63, 3.8) is 0 Å². The lowest BCUT2D eigenvalue weighted by Crippen LogP contribution is -2.37. The molecular formula is C18H18FN3O3. The molecule has 0 unspecified atom stereocenters. The van der Waals surface area contributed by atoms with E-state index in [-0.39, 0.29) is 18.1 Å². The summed E-state index contributed by atoms with van der Waals surface area (Å²) in [5.41, 5.74) is 1.02. The number of nitrogens with zero attached hydrogens (tertiary/aromatic N) is 1. The van der Waals surface area contributed by atoms with Gasteiger partial charge in [-0.25, -0.2) is 4.39 Å². The number of carbonyl (C=O) groups is 3. The summed E-state index contributed by atoms with van der Waals surface area (Å²) >= 11 is 0. The molecule has 0 bridgehead atoms. The van der Waals surface area contributed by atoms with Gasteiger partial charge in [-0.2, -0.15) is 0 Å². The van der Waals surface area contributed by atoms with Crippen LogP contribution in [-0.2, 0) is 14.4 Å². The zero-order valence-corrected chi connectivity index (χ0v) is 13.9. The van der Waals surface area contributed by atoms with Crippen LogP contribution in [0.4, 0.5) is 21.5 Å². The van der Waals surface area contributed by atoms with E-state index >= 15 is 0 Å². The van der Waals surface area contributed by atoms with Gasteiger partial charge in [-0.05, 0) is 30.3 Å². The molecule has 0 saturated carbocycles. The molecule has 0 radical (unpaired) electrons. The fourth-order valence-corrected chi connectivity index (χ4v) is 2.26. The minimum absolute atomic E-state index is 0.0390. The number of benzene rings is 2. The van der Waals surface area contributed by atoms with E-state index in [9.17, 15) is 18.8 Å². The van der Waals surface area contributed by atoms with Crippen LogP contribution < -0.4 is 15.5 Å². The molecule has 0 heterocycles. The summed E-state index contributed by atoms with van der Waals surface area (Å²) in [7, 11) is 0. The van der Waals surface area contributed by atoms with Crippen LogP contribution in [0.25, 0.3) is 0 Å². The second-order valence-corrected chi connectivity index (χ2v) is 5.37. The fraction of sp³-hybridized carbons (Fsp3) is 0.167. The second-order valence-electron chi connectivity index (χ2n) is 5.37. The molecule has 0 aliphatic rings. The predicted octanol–water partition coefficient (Wildman–Crippen LogP) is 2.78. The summed E-state index contributed by atoms with van der Waals surface area (Å²) in [5, 5.41) is 5.23. The first-order valence-corrected chi connectivity index (χ1v) is 7.57. The highest BCUT2D eigenvalue weighted by Gasteiger charge is 2.18. The standard InChI is InChI=1S/C18H18FN3O3/c1-12(23)20-14-6-5-7-15(10-14)21-18(25)11-22(13(2)24)17-9-4-3-8-16(17)19/h3-10H,11H2,1-2H3,(H,20,23)(H,21,25). The third kappa shape index (κ3) is 5.13. The summed E-state index contributed by atoms with van der Waals surface area (Å²) in [6.07, 6.45) is 0. The van der Waals surface area contributed by atoms with Crippen LogP contribution in [0.2, 0.25) is 0 Å². The lowest BCUT2D eigenvalue weighted by molar-refractivity contribution is -0.120. The van der Waals surface area contributed by atoms with E-state index in [4.69, 9.17) is 0 Å². The lowest BCUT2D eigenvalue weighted by Gasteiger charge is -2.21. The van der Waals surface area contributed by atoms with Gasteiger partial charge in [0.2, 0.25) is 17.7 Å². The molecule has 130 valence electrons. The van der Waals surface area contributed by atoms with Crippen LogP contribution in [0.15, 0.2) is 48.5 Å². The van der Waals surface area contributed by atoms with Crippen LogP contribution in [0.1, 0.15) is 13.8 Å². The molecule has 0 aliphatic heterocycles. The third-order valence-corrected chi connectivity index (χ3v) is 3.29. The number of hydrogen-bond donors (Lipinski definition) is 2. The Balaban J connectivity index is 2.11. The topological polar surface area (TPSA) is 78.5 Å². The van der Waals surface area contributed by atoms with Crippen LogP contribution in [-0.4, -0.2) is 24.3 Å². The van der Waals surface area contributed by atoms with Gasteiger partial charge in [0.05, 0.1) is 5.69 Å². The molecule has 2 aromatic rings. The zero-order chi connectivity index (χ0) is 18.4. The fourth-order valence-electron chi connectivity index (χ4n) is 2.26. The minimum Gasteiger partial charge on any atom is -0.326 e. The molecule has 0 aromatic heterocycles. The predicted molar refractivity (Wildman–Crippen MR) is 93.8 cm³/mol. The van der Waals surface area contributed by atoms with Crippen LogP contribution >= 0.6 is 0 Å². The van der Waals surface area contributed by atoms with Crippen molar-refractivity contribution >= 4 is 34.8 Å². The van der Waals surface area contributed by atoms with Crippen molar-refractivity contribution in [1.29, 1.82) is 0 Å². The zero-order valence-electron chi connectivity index (χ0n) is 13.9. The maximum absolute atomic E-state index is 13.9. The maximum Gasteiger partial charge on any atom is 0.244 e. The second kappa shape index (κ2) is 8.05. The Morgan fingerprint density at radius 2 is 1.60 bits per heavy atom. The van der Waals surface area contributed by atoms with Crippen molar-refractivity contribution in [1.82, 2.24) is 0 Å². The first-order valence-electron chi connectivity index (χ1n) is 7.57. The lowest BCUT2D eigenvalue weighted by atomic mass is 10.2. The molecule has 25 heavy (non-hydrogen) atoms. The number of nitrogens with one attached hydrogen (secondary N) is 2. The summed E-state index contributed by atoms with van der Waals surface area (Å²) in [4.78, 5) is 36.2. The smallest absolute Gasteiger partial charge is 0.244 e. The van der Waals surface area contributed by atoms with E-state index < -0.39 is 17.6 Å². The van der Waals surface area contributed by atoms with E-state index in [1.165, 1.54) is 32.0 Å². The van der Waals surface area contributed by atoms with Crippen LogP contribution in [0.5, 0.6) is 0 Å². The van der Waals surface area contributed by atoms with Crippen molar-refractivity contribution < 1.29 is 18.8 Å². The first kappa shape index (κ1) is 18.1. The first-order chi connectivity index (χ1) is 11.9. The molecular weight excluding hydrogens is 325 g/mol. The highest BCUT2D eigenvalue weighted by molar-refractivity contribution is 6.02. The normalized spacial score (nSPS) is 10.0. The number of amides is 3. The van der Waals surface area contributed by atoms with Crippen molar-refractivity contribution in [3.05, 3.63) is 54.3 Å². The average Bonchev–Trinajstić information content (AvgIpc) is 2.53. The van der Waals surface area contributed by atoms with E-state index in [1.807, 2.05) is 0 Å². The molecule has 0 atom stereocenters. The number of rotatable bonds is 5. The summed E-state index contributed by atoms with van der Waals surface area (Å²) in [6, 6.07) is 12.3. The highest BCUT2D eigenvalue weighted by atomic mass is 19.1. The SMILES string of the molecule is CC(=O)Nc1cccc(NC(=O)CN(C(C)=O)c2ccccc2F)c1. The monoisotopic (exact) mass is 343 g/mol. The Morgan fingerprint density at radius 1 is 0.960 bits per heavy atom. The van der Waals surface area contributed by atoms with Crippen LogP contribution in [0, 0.1) is 5.82 Å². The van der Waals surface area contributed by atoms with Gasteiger partial charge in [-0.15, -0.1) is 0 Å². The number of anilines is 3. The number of hydrogen-bond acceptors (Lipinski definition) is 3. The van der Waals surface area contributed by atoms with E-state index in [0.29, 0.717) is 11.4 Å². The summed E-state index contributed by atoms with van der Waals surface area (Å²) < 4.78 is 13.9. The van der Waals surface area contributed by atoms with E-state index in [2.05, 4.69) is 10.6 Å². The summed E-state index contributed by atoms with van der Waals surface area (Å²) in [6.45, 7) is 2.31. The summed E-state index contributed by atoms with van der Waals surface area (Å²) in [5.74, 6) is -1.75. The molecule has 0 spiro atoms. The van der Waals surface area contributed by atoms with E-state index in [1.54, 1.807) is 30.3 Å². The number of para-hydroxylation sites is 1. The average molecular weight is 343 g/mol. The Labute approximate surface area is 144 Å². The highest BCUT2D eigenvalue weighted by Crippen LogP contribution is 2.19. The van der Waals surface area contributed by atoms with Crippen molar-refractivity contribution in [3.8, 4) is 0 Å². The number of carbonyl (C=O) groups excluding carboxylic acids is 3. The maximum atomic E-state index is 13.9. The molecule has 0 aliphatic carbocycles. The van der Waals surface area contributed by atoms with Gasteiger partial charge in [0.25, 0.3) is 0 Å². The van der Waals surface area contributed by atoms with Gasteiger partial charge in [0.15, 0.2) is 0 Å². The molecule has 7 heteroatoms. The van der Waals surface area contributed by atoms with Gasteiger partial charge < -0.3 is 15.5 Å². The molecule has 0 fully saturated rings. The Hall–Kier alpha value is -3.22. The molecule has 6 nitrogen and oxygen atoms in total. The van der Waals surface area contributed by atoms with Gasteiger partial charge in [0, 0.05) is 25.2 Å². The van der Waals surface area contributed by atoms with Crippen LogP contribution in [0.3, 0.4) is 0 Å². The molecule has 2 rings (SSSR count). The van der Waals surface area contributed by atoms with Crippen molar-refractivity contribution in [2.75, 3.05) is 22.1 Å². The largest absolute Gasteiger partial charge is 0.326 e. The minimum atomic E-state index is -0.585. The number of halogens is 1. The van der Waals surface area contributed by atoms with Gasteiger partial charge in [0.1, 0.15) is 12.4 Å². The Morgan fingerprint density at radius 3 is 2.20 bits per heavy atom. The molecule has 2 N–H and O–H groups in total. The van der Waals surface area contributed by atoms with Crippen molar-refractivity contribution in [2.45, 2.75) is 13.8 Å². The van der Waals surface area contributed by atoms with Gasteiger partial charge in [-0.3, -0.25) is 14.4 Å². The van der Waals surface area contributed by atoms with E-state index in [0.717, 1.165) is 4.90 Å². The Kier molecular flexibility index (Phi) is 5.84. The molecule has 3 amide bonds. The Bertz CT molecular complexity index is 808. The van der Waals surface area contributed by atoms with Crippen molar-refractivity contribution in [2.24, 2.45) is 0 Å². The van der Waals surface area contributed by atoms with Gasteiger partial charge >= 0.3 is 0 Å². The molecule has 2 aromatic carbocycles. The molecule has 0 saturated heterocycles. The van der Waals surface area contributed by atoms with Gasteiger partial charge in [-0.1, -0.05) is 18.2 Å².